The average molecular weight is 335 g/mol. The van der Waals surface area contributed by atoms with Gasteiger partial charge in [-0.25, -0.2) is 0 Å². The average Bonchev–Trinajstić information content (AvgIpc) is 3.00. The number of fused-ring (bicyclic) bond motifs is 1. The summed E-state index contributed by atoms with van der Waals surface area (Å²) < 4.78 is 0. The van der Waals surface area contributed by atoms with E-state index >= 15 is 0 Å². The van der Waals surface area contributed by atoms with Gasteiger partial charge in [0.2, 0.25) is 0 Å². The van der Waals surface area contributed by atoms with E-state index in [2.05, 4.69) is 61.3 Å². The van der Waals surface area contributed by atoms with Crippen molar-refractivity contribution in [1.82, 2.24) is 4.98 Å². The third-order valence-electron chi connectivity index (χ3n) is 5.05. The predicted molar refractivity (Wildman–Crippen MR) is 109 cm³/mol. The van der Waals surface area contributed by atoms with Crippen LogP contribution < -0.4 is 5.73 Å². The molecule has 0 spiro atoms. The predicted octanol–water partition coefficient (Wildman–Crippen LogP) is 5.77. The Bertz CT molecular complexity index is 812. The van der Waals surface area contributed by atoms with Crippen LogP contribution in [-0.2, 0) is 12.8 Å². The number of aromatic nitrogens is 1. The molecule has 0 aliphatic heterocycles. The van der Waals surface area contributed by atoms with E-state index in [1.165, 1.54) is 51.7 Å². The molecule has 2 nitrogen and oxygen atoms in total. The van der Waals surface area contributed by atoms with Crippen molar-refractivity contribution in [2.75, 3.05) is 6.54 Å². The van der Waals surface area contributed by atoms with E-state index in [0.717, 1.165) is 32.2 Å². The topological polar surface area (TPSA) is 41.8 Å². The summed E-state index contributed by atoms with van der Waals surface area (Å²) in [6, 6.07) is 15.6. The number of unbranched alkanes of at least 4 members (excludes halogenated alkanes) is 2. The van der Waals surface area contributed by atoms with Gasteiger partial charge in [0.05, 0.1) is 0 Å². The number of benzene rings is 2. The highest BCUT2D eigenvalue weighted by atomic mass is 14.7. The molecule has 1 heterocycles. The minimum Gasteiger partial charge on any atom is -0.354 e. The van der Waals surface area contributed by atoms with E-state index in [4.69, 9.17) is 5.73 Å². The van der Waals surface area contributed by atoms with Crippen molar-refractivity contribution in [2.24, 2.45) is 5.73 Å². The Morgan fingerprint density at radius 2 is 1.72 bits per heavy atom. The molecule has 0 atom stereocenters. The fourth-order valence-corrected chi connectivity index (χ4v) is 3.58. The molecule has 132 valence electrons. The molecule has 0 aliphatic carbocycles. The Hall–Kier alpha value is -2.06. The molecule has 3 aromatic rings. The van der Waals surface area contributed by atoms with E-state index in [0.29, 0.717) is 0 Å². The zero-order chi connectivity index (χ0) is 17.6. The van der Waals surface area contributed by atoms with Crippen LogP contribution in [-0.4, -0.2) is 11.5 Å². The van der Waals surface area contributed by atoms with Gasteiger partial charge in [0.25, 0.3) is 0 Å². The standard InChI is InChI=1S/C23H30N2/c1-3-4-8-18-9-7-11-21-20(10-5-6-16-24)23(25-22(18)21)19-14-12-17(2)13-15-19/h7,9,11-15,25H,3-6,8,10,16,24H2,1-2H3. The number of H-pyrrole nitrogens is 1. The first-order valence-corrected chi connectivity index (χ1v) is 9.64. The van der Waals surface area contributed by atoms with Crippen LogP contribution in [0.1, 0.15) is 49.3 Å². The lowest BCUT2D eigenvalue weighted by atomic mass is 9.98. The number of rotatable bonds is 8. The minimum absolute atomic E-state index is 0.768. The third kappa shape index (κ3) is 3.96. The molecule has 3 N–H and O–H groups in total. The molecule has 0 saturated heterocycles. The molecule has 1 aromatic heterocycles. The molecular weight excluding hydrogens is 304 g/mol. The largest absolute Gasteiger partial charge is 0.354 e. The first kappa shape index (κ1) is 17.8. The number of para-hydroxylation sites is 1. The number of hydrogen-bond donors (Lipinski definition) is 2. The molecule has 0 radical (unpaired) electrons. The lowest BCUT2D eigenvalue weighted by Crippen LogP contribution is -1.99. The Labute approximate surface area is 151 Å². The summed E-state index contributed by atoms with van der Waals surface area (Å²) in [6.45, 7) is 5.16. The van der Waals surface area contributed by atoms with Crippen molar-refractivity contribution in [2.45, 2.75) is 52.4 Å². The maximum Gasteiger partial charge on any atom is 0.0497 e. The van der Waals surface area contributed by atoms with E-state index in [1.54, 1.807) is 0 Å². The summed E-state index contributed by atoms with van der Waals surface area (Å²) in [5.74, 6) is 0. The van der Waals surface area contributed by atoms with Crippen LogP contribution >= 0.6 is 0 Å². The molecule has 0 amide bonds. The van der Waals surface area contributed by atoms with Gasteiger partial charge < -0.3 is 10.7 Å². The van der Waals surface area contributed by atoms with E-state index < -0.39 is 0 Å². The van der Waals surface area contributed by atoms with Gasteiger partial charge in [0.15, 0.2) is 0 Å². The van der Waals surface area contributed by atoms with Gasteiger partial charge in [-0.2, -0.15) is 0 Å². The number of aryl methyl sites for hydroxylation is 3. The second-order valence-electron chi connectivity index (χ2n) is 7.03. The number of nitrogens with one attached hydrogen (secondary N) is 1. The van der Waals surface area contributed by atoms with Crippen LogP contribution in [0.4, 0.5) is 0 Å². The first-order valence-electron chi connectivity index (χ1n) is 9.64. The van der Waals surface area contributed by atoms with Gasteiger partial charge >= 0.3 is 0 Å². The SMILES string of the molecule is CCCCc1cccc2c(CCCCN)c(-c3ccc(C)cc3)[nH]c12. The molecule has 0 unspecified atom stereocenters. The molecule has 0 bridgehead atoms. The highest BCUT2D eigenvalue weighted by Gasteiger charge is 2.15. The van der Waals surface area contributed by atoms with Crippen molar-refractivity contribution in [3.8, 4) is 11.3 Å². The van der Waals surface area contributed by atoms with Crippen LogP contribution in [0, 0.1) is 6.92 Å². The maximum absolute atomic E-state index is 5.72. The van der Waals surface area contributed by atoms with Crippen molar-refractivity contribution in [3.05, 3.63) is 59.2 Å². The van der Waals surface area contributed by atoms with Gasteiger partial charge in [0, 0.05) is 16.6 Å². The van der Waals surface area contributed by atoms with Crippen LogP contribution in [0.25, 0.3) is 22.2 Å². The second-order valence-corrected chi connectivity index (χ2v) is 7.03. The van der Waals surface area contributed by atoms with Gasteiger partial charge in [-0.15, -0.1) is 0 Å². The number of hydrogen-bond acceptors (Lipinski definition) is 1. The molecule has 3 rings (SSSR count). The Balaban J connectivity index is 2.09. The molecule has 0 fully saturated rings. The van der Waals surface area contributed by atoms with Gasteiger partial charge in [-0.05, 0) is 62.3 Å². The summed E-state index contributed by atoms with van der Waals surface area (Å²) >= 11 is 0. The van der Waals surface area contributed by atoms with Gasteiger partial charge in [0.1, 0.15) is 0 Å². The first-order chi connectivity index (χ1) is 12.2. The minimum atomic E-state index is 0.768. The Morgan fingerprint density at radius 1 is 0.920 bits per heavy atom. The van der Waals surface area contributed by atoms with Crippen molar-refractivity contribution in [3.63, 3.8) is 0 Å². The van der Waals surface area contributed by atoms with Crippen molar-refractivity contribution in [1.29, 1.82) is 0 Å². The van der Waals surface area contributed by atoms with Crippen LogP contribution in [0.3, 0.4) is 0 Å². The Kier molecular flexibility index (Phi) is 5.93. The maximum atomic E-state index is 5.72. The van der Waals surface area contributed by atoms with Gasteiger partial charge in [-0.3, -0.25) is 0 Å². The van der Waals surface area contributed by atoms with E-state index in [-0.39, 0.29) is 0 Å². The zero-order valence-electron chi connectivity index (χ0n) is 15.6. The quantitative estimate of drug-likeness (QED) is 0.505. The summed E-state index contributed by atoms with van der Waals surface area (Å²) in [7, 11) is 0. The molecule has 0 aliphatic rings. The normalized spacial score (nSPS) is 11.3. The number of aromatic amines is 1. The fraction of sp³-hybridized carbons (Fsp3) is 0.391. The van der Waals surface area contributed by atoms with E-state index in [1.807, 2.05) is 0 Å². The van der Waals surface area contributed by atoms with Gasteiger partial charge in [-0.1, -0.05) is 61.4 Å². The van der Waals surface area contributed by atoms with Crippen molar-refractivity contribution >= 4 is 10.9 Å². The highest BCUT2D eigenvalue weighted by molar-refractivity contribution is 5.92. The van der Waals surface area contributed by atoms with Crippen LogP contribution in [0.15, 0.2) is 42.5 Å². The van der Waals surface area contributed by atoms with E-state index in [9.17, 15) is 0 Å². The lowest BCUT2D eigenvalue weighted by Gasteiger charge is -2.06. The molecule has 2 aromatic carbocycles. The molecular formula is C23H30N2. The lowest BCUT2D eigenvalue weighted by molar-refractivity contribution is 0.748. The summed E-state index contributed by atoms with van der Waals surface area (Å²) in [5, 5.41) is 1.39. The third-order valence-corrected chi connectivity index (χ3v) is 5.05. The zero-order valence-corrected chi connectivity index (χ0v) is 15.6. The summed E-state index contributed by atoms with van der Waals surface area (Å²) in [4.78, 5) is 3.77. The van der Waals surface area contributed by atoms with Crippen LogP contribution in [0.5, 0.6) is 0 Å². The smallest absolute Gasteiger partial charge is 0.0497 e. The second kappa shape index (κ2) is 8.35. The van der Waals surface area contributed by atoms with Crippen molar-refractivity contribution < 1.29 is 0 Å². The molecule has 25 heavy (non-hydrogen) atoms. The fourth-order valence-electron chi connectivity index (χ4n) is 3.58. The molecule has 0 saturated carbocycles. The summed E-state index contributed by atoms with van der Waals surface area (Å²) in [6.07, 6.45) is 6.91. The van der Waals surface area contributed by atoms with Crippen LogP contribution in [0.2, 0.25) is 0 Å². The number of nitrogens with two attached hydrogens (primary N) is 1. The Morgan fingerprint density at radius 3 is 2.44 bits per heavy atom. The summed E-state index contributed by atoms with van der Waals surface area (Å²) in [5.41, 5.74) is 13.8. The monoisotopic (exact) mass is 334 g/mol. The molecule has 2 heteroatoms. The highest BCUT2D eigenvalue weighted by Crippen LogP contribution is 2.33.